The second kappa shape index (κ2) is 4.98. The average Bonchev–Trinajstić information content (AvgIpc) is 2.70. The molecule has 102 valence electrons. The van der Waals surface area contributed by atoms with Crippen molar-refractivity contribution in [2.75, 3.05) is 4.72 Å². The van der Waals surface area contributed by atoms with E-state index in [1.165, 1.54) is 0 Å². The highest BCUT2D eigenvalue weighted by Gasteiger charge is 2.24. The van der Waals surface area contributed by atoms with Crippen molar-refractivity contribution < 1.29 is 13.5 Å². The van der Waals surface area contributed by atoms with Gasteiger partial charge in [-0.15, -0.1) is 0 Å². The lowest BCUT2D eigenvalue weighted by Crippen LogP contribution is -2.16. The summed E-state index contributed by atoms with van der Waals surface area (Å²) in [6.07, 6.45) is 0. The van der Waals surface area contributed by atoms with Crippen LogP contribution in [-0.2, 0) is 16.6 Å². The zero-order valence-electron chi connectivity index (χ0n) is 10.5. The molecule has 7 nitrogen and oxygen atoms in total. The number of nitrogens with zero attached hydrogens (tertiary/aromatic N) is 2. The number of pyridine rings is 1. The Kier molecular flexibility index (Phi) is 3.54. The number of sulfonamides is 1. The number of aromatic amines is 1. The number of anilines is 1. The van der Waals surface area contributed by atoms with Crippen LogP contribution in [0.15, 0.2) is 23.1 Å². The van der Waals surface area contributed by atoms with Gasteiger partial charge in [-0.25, -0.2) is 13.4 Å². The van der Waals surface area contributed by atoms with E-state index in [4.69, 9.17) is 5.11 Å². The van der Waals surface area contributed by atoms with E-state index in [-0.39, 0.29) is 16.4 Å². The highest BCUT2D eigenvalue weighted by atomic mass is 32.2. The van der Waals surface area contributed by atoms with Crippen LogP contribution in [0.25, 0.3) is 0 Å². The predicted molar refractivity (Wildman–Crippen MR) is 69.0 cm³/mol. The number of aliphatic hydroxyl groups is 1. The number of aliphatic hydroxyl groups excluding tert-OH is 1. The van der Waals surface area contributed by atoms with Crippen LogP contribution in [0.5, 0.6) is 0 Å². The Hall–Kier alpha value is -1.93. The molecule has 2 heterocycles. The van der Waals surface area contributed by atoms with Crippen LogP contribution in [0.1, 0.15) is 17.1 Å². The Balaban J connectivity index is 2.40. The van der Waals surface area contributed by atoms with Gasteiger partial charge in [0.2, 0.25) is 0 Å². The molecule has 2 aromatic rings. The van der Waals surface area contributed by atoms with Crippen molar-refractivity contribution in [3.05, 3.63) is 35.3 Å². The van der Waals surface area contributed by atoms with Gasteiger partial charge in [0.25, 0.3) is 10.0 Å². The minimum Gasteiger partial charge on any atom is -0.390 e. The third-order valence-corrected chi connectivity index (χ3v) is 4.06. The molecule has 0 unspecified atom stereocenters. The normalized spacial score (nSPS) is 11.5. The second-order valence-electron chi connectivity index (χ2n) is 4.05. The molecule has 19 heavy (non-hydrogen) atoms. The fourth-order valence-corrected chi connectivity index (χ4v) is 3.08. The van der Waals surface area contributed by atoms with Crippen molar-refractivity contribution in [2.24, 2.45) is 0 Å². The van der Waals surface area contributed by atoms with Gasteiger partial charge in [-0.1, -0.05) is 6.07 Å². The highest BCUT2D eigenvalue weighted by Crippen LogP contribution is 2.20. The standard InChI is InChI=1S/C11H14N4O3S/c1-7-4-3-5-10(12-7)15-19(17,18)11-8(2)13-14-9(11)6-16/h3-5,16H,6H2,1-2H3,(H,12,15)(H,13,14). The molecule has 0 fully saturated rings. The molecule has 2 rings (SSSR count). The molecule has 2 aromatic heterocycles. The lowest BCUT2D eigenvalue weighted by Gasteiger charge is -2.08. The lowest BCUT2D eigenvalue weighted by molar-refractivity contribution is 0.273. The summed E-state index contributed by atoms with van der Waals surface area (Å²) in [6, 6.07) is 5.02. The van der Waals surface area contributed by atoms with Crippen molar-refractivity contribution in [3.63, 3.8) is 0 Å². The number of hydrogen-bond acceptors (Lipinski definition) is 5. The van der Waals surface area contributed by atoms with Gasteiger partial charge in [-0.3, -0.25) is 9.82 Å². The fourth-order valence-electron chi connectivity index (χ4n) is 1.72. The van der Waals surface area contributed by atoms with Gasteiger partial charge < -0.3 is 5.11 Å². The molecule has 8 heteroatoms. The molecule has 0 atom stereocenters. The maximum Gasteiger partial charge on any atom is 0.266 e. The molecule has 0 saturated carbocycles. The van der Waals surface area contributed by atoms with E-state index >= 15 is 0 Å². The van der Waals surface area contributed by atoms with Gasteiger partial charge in [0.1, 0.15) is 16.4 Å². The summed E-state index contributed by atoms with van der Waals surface area (Å²) in [7, 11) is -3.83. The number of nitrogens with one attached hydrogen (secondary N) is 2. The van der Waals surface area contributed by atoms with Crippen LogP contribution in [0.2, 0.25) is 0 Å². The Morgan fingerprint density at radius 2 is 2.11 bits per heavy atom. The Bertz CT molecular complexity index is 694. The van der Waals surface area contributed by atoms with Gasteiger partial charge in [0, 0.05) is 5.69 Å². The van der Waals surface area contributed by atoms with Crippen LogP contribution < -0.4 is 4.72 Å². The van der Waals surface area contributed by atoms with E-state index in [1.807, 2.05) is 0 Å². The van der Waals surface area contributed by atoms with E-state index in [0.29, 0.717) is 11.4 Å². The van der Waals surface area contributed by atoms with E-state index in [9.17, 15) is 8.42 Å². The summed E-state index contributed by atoms with van der Waals surface area (Å²) >= 11 is 0. The quantitative estimate of drug-likeness (QED) is 0.765. The molecule has 0 aromatic carbocycles. The molecule has 0 aliphatic heterocycles. The molecular formula is C11H14N4O3S. The molecule has 0 spiro atoms. The highest BCUT2D eigenvalue weighted by molar-refractivity contribution is 7.92. The molecule has 3 N–H and O–H groups in total. The maximum atomic E-state index is 12.3. The summed E-state index contributed by atoms with van der Waals surface area (Å²) in [5, 5.41) is 15.4. The largest absolute Gasteiger partial charge is 0.390 e. The van der Waals surface area contributed by atoms with Crippen molar-refractivity contribution in [3.8, 4) is 0 Å². The summed E-state index contributed by atoms with van der Waals surface area (Å²) < 4.78 is 26.9. The van der Waals surface area contributed by atoms with Crippen molar-refractivity contribution >= 4 is 15.8 Å². The average molecular weight is 282 g/mol. The number of aromatic nitrogens is 3. The van der Waals surface area contributed by atoms with Gasteiger partial charge in [0.15, 0.2) is 0 Å². The maximum absolute atomic E-state index is 12.3. The van der Waals surface area contributed by atoms with Crippen molar-refractivity contribution in [1.82, 2.24) is 15.2 Å². The van der Waals surface area contributed by atoms with Gasteiger partial charge in [0.05, 0.1) is 12.3 Å². The van der Waals surface area contributed by atoms with Gasteiger partial charge in [-0.2, -0.15) is 5.10 Å². The minimum absolute atomic E-state index is 0.0432. The predicted octanol–water partition coefficient (Wildman–Crippen LogP) is 0.715. The smallest absolute Gasteiger partial charge is 0.266 e. The first-order valence-electron chi connectivity index (χ1n) is 5.55. The summed E-state index contributed by atoms with van der Waals surface area (Å²) in [4.78, 5) is 4.03. The van der Waals surface area contributed by atoms with Crippen molar-refractivity contribution in [2.45, 2.75) is 25.3 Å². The van der Waals surface area contributed by atoms with E-state index < -0.39 is 16.6 Å². The number of H-pyrrole nitrogens is 1. The number of rotatable bonds is 4. The van der Waals surface area contributed by atoms with Crippen LogP contribution in [-0.4, -0.2) is 28.7 Å². The first-order valence-corrected chi connectivity index (χ1v) is 7.03. The third kappa shape index (κ3) is 2.74. The number of aryl methyl sites for hydroxylation is 2. The summed E-state index contributed by atoms with van der Waals surface area (Å²) in [5.41, 5.74) is 1.15. The zero-order valence-corrected chi connectivity index (χ0v) is 11.3. The summed E-state index contributed by atoms with van der Waals surface area (Å²) in [6.45, 7) is 2.88. The molecule has 0 aliphatic carbocycles. The van der Waals surface area contributed by atoms with Gasteiger partial charge in [-0.05, 0) is 26.0 Å². The zero-order chi connectivity index (χ0) is 14.0. The van der Waals surface area contributed by atoms with E-state index in [2.05, 4.69) is 19.9 Å². The topological polar surface area (TPSA) is 108 Å². The SMILES string of the molecule is Cc1cccc(NS(=O)(=O)c2c(CO)n[nH]c2C)n1. The van der Waals surface area contributed by atoms with E-state index in [0.717, 1.165) is 0 Å². The lowest BCUT2D eigenvalue weighted by atomic mass is 10.4. The first kappa shape index (κ1) is 13.5. The first-order chi connectivity index (χ1) is 8.94. The van der Waals surface area contributed by atoms with Crippen molar-refractivity contribution in [1.29, 1.82) is 0 Å². The van der Waals surface area contributed by atoms with Crippen LogP contribution in [0.3, 0.4) is 0 Å². The van der Waals surface area contributed by atoms with Crippen LogP contribution in [0, 0.1) is 13.8 Å². The molecule has 0 aliphatic rings. The van der Waals surface area contributed by atoms with Crippen LogP contribution in [0.4, 0.5) is 5.82 Å². The summed E-state index contributed by atoms with van der Waals surface area (Å²) in [5.74, 6) is 0.226. The minimum atomic E-state index is -3.83. The van der Waals surface area contributed by atoms with E-state index in [1.54, 1.807) is 32.0 Å². The second-order valence-corrected chi connectivity index (χ2v) is 5.67. The Morgan fingerprint density at radius 1 is 1.37 bits per heavy atom. The fraction of sp³-hybridized carbons (Fsp3) is 0.273. The molecule has 0 amide bonds. The molecule has 0 bridgehead atoms. The number of hydrogen-bond donors (Lipinski definition) is 3. The molecular weight excluding hydrogens is 268 g/mol. The van der Waals surface area contributed by atoms with Crippen LogP contribution >= 0.6 is 0 Å². The molecule has 0 saturated heterocycles. The molecule has 0 radical (unpaired) electrons. The third-order valence-electron chi connectivity index (χ3n) is 2.51. The van der Waals surface area contributed by atoms with Gasteiger partial charge >= 0.3 is 0 Å². The Labute approximate surface area is 110 Å². The Morgan fingerprint density at radius 3 is 2.74 bits per heavy atom. The monoisotopic (exact) mass is 282 g/mol.